The largest absolute Gasteiger partial charge is 0.329 e. The molecule has 2 fully saturated rings. The van der Waals surface area contributed by atoms with Crippen molar-refractivity contribution < 1.29 is 9.59 Å². The van der Waals surface area contributed by atoms with Gasteiger partial charge in [-0.2, -0.15) is 0 Å². The second-order valence-corrected chi connectivity index (χ2v) is 8.16. The quantitative estimate of drug-likeness (QED) is 0.791. The lowest BCUT2D eigenvalue weighted by Crippen LogP contribution is -2.44. The second kappa shape index (κ2) is 7.20. The number of imidazole rings is 1. The molecule has 1 aliphatic heterocycles. The number of nitrogens with zero attached hydrogens (tertiary/aromatic N) is 2. The standard InChI is InChI=1S/C21H28N4O3/c1-12-15(13-4-6-14(22-2)7-5-13)8-9-16-19(12)24(3)21(28)25(16)17-10-11-18(26)23-20(17)27/h8-9,13-14,17,22H,4-7,10-11H2,1-3H3,(H,23,26,27). The summed E-state index contributed by atoms with van der Waals surface area (Å²) in [4.78, 5) is 36.8. The topological polar surface area (TPSA) is 85.1 Å². The molecule has 1 aromatic heterocycles. The molecule has 2 heterocycles. The van der Waals surface area contributed by atoms with Crippen molar-refractivity contribution in [2.75, 3.05) is 7.05 Å². The fourth-order valence-electron chi connectivity index (χ4n) is 5.04. The number of fused-ring (bicyclic) bond motifs is 1. The molecule has 1 saturated heterocycles. The zero-order chi connectivity index (χ0) is 20.0. The zero-order valence-corrected chi connectivity index (χ0v) is 16.7. The molecule has 4 rings (SSSR count). The van der Waals surface area contributed by atoms with Gasteiger partial charge in [-0.15, -0.1) is 0 Å². The van der Waals surface area contributed by atoms with Gasteiger partial charge >= 0.3 is 5.69 Å². The molecule has 28 heavy (non-hydrogen) atoms. The smallest absolute Gasteiger partial charge is 0.317 e. The van der Waals surface area contributed by atoms with Gasteiger partial charge in [-0.1, -0.05) is 6.07 Å². The number of rotatable bonds is 3. The van der Waals surface area contributed by atoms with Gasteiger partial charge in [0.15, 0.2) is 0 Å². The van der Waals surface area contributed by atoms with Crippen molar-refractivity contribution in [3.05, 3.63) is 33.7 Å². The van der Waals surface area contributed by atoms with Crippen LogP contribution in [-0.2, 0) is 16.6 Å². The van der Waals surface area contributed by atoms with Crippen LogP contribution in [0.25, 0.3) is 11.0 Å². The first kappa shape index (κ1) is 18.9. The van der Waals surface area contributed by atoms with Crippen molar-refractivity contribution >= 4 is 22.8 Å². The number of nitrogens with one attached hydrogen (secondary N) is 2. The number of amides is 2. The van der Waals surface area contributed by atoms with Gasteiger partial charge < -0.3 is 5.32 Å². The Morgan fingerprint density at radius 1 is 1.07 bits per heavy atom. The third-order valence-corrected chi connectivity index (χ3v) is 6.64. The van der Waals surface area contributed by atoms with Crippen LogP contribution in [0.15, 0.2) is 16.9 Å². The van der Waals surface area contributed by atoms with Gasteiger partial charge in [0.1, 0.15) is 6.04 Å². The molecule has 1 aliphatic carbocycles. The number of piperidine rings is 1. The Kier molecular flexibility index (Phi) is 4.87. The van der Waals surface area contributed by atoms with Crippen LogP contribution in [0.2, 0.25) is 0 Å². The van der Waals surface area contributed by atoms with E-state index in [4.69, 9.17) is 0 Å². The lowest BCUT2D eigenvalue weighted by atomic mass is 9.80. The van der Waals surface area contributed by atoms with E-state index in [2.05, 4.69) is 23.6 Å². The molecule has 1 unspecified atom stereocenters. The summed E-state index contributed by atoms with van der Waals surface area (Å²) in [5.41, 5.74) is 3.88. The highest BCUT2D eigenvalue weighted by Crippen LogP contribution is 2.37. The summed E-state index contributed by atoms with van der Waals surface area (Å²) >= 11 is 0. The monoisotopic (exact) mass is 384 g/mol. The molecule has 1 atom stereocenters. The maximum atomic E-state index is 13.0. The first-order valence-corrected chi connectivity index (χ1v) is 10.1. The predicted octanol–water partition coefficient (Wildman–Crippen LogP) is 1.87. The van der Waals surface area contributed by atoms with Gasteiger partial charge in [-0.3, -0.25) is 24.0 Å². The van der Waals surface area contributed by atoms with Crippen molar-refractivity contribution in [2.45, 2.75) is 63.5 Å². The van der Waals surface area contributed by atoms with E-state index < -0.39 is 11.9 Å². The number of carbonyl (C=O) groups excluding carboxylic acids is 2. The van der Waals surface area contributed by atoms with Crippen LogP contribution in [0.1, 0.15) is 61.6 Å². The average molecular weight is 384 g/mol. The Labute approximate surface area is 164 Å². The van der Waals surface area contributed by atoms with E-state index in [0.29, 0.717) is 18.4 Å². The van der Waals surface area contributed by atoms with E-state index in [-0.39, 0.29) is 18.0 Å². The minimum absolute atomic E-state index is 0.205. The van der Waals surface area contributed by atoms with Crippen molar-refractivity contribution in [3.63, 3.8) is 0 Å². The number of benzene rings is 1. The third-order valence-electron chi connectivity index (χ3n) is 6.64. The van der Waals surface area contributed by atoms with Crippen molar-refractivity contribution in [1.82, 2.24) is 19.8 Å². The van der Waals surface area contributed by atoms with Gasteiger partial charge in [-0.05, 0) is 69.2 Å². The number of imide groups is 1. The Balaban J connectivity index is 1.76. The van der Waals surface area contributed by atoms with Crippen LogP contribution < -0.4 is 16.3 Å². The van der Waals surface area contributed by atoms with Crippen LogP contribution in [0, 0.1) is 6.92 Å². The van der Waals surface area contributed by atoms with E-state index in [1.165, 1.54) is 5.56 Å². The molecule has 0 radical (unpaired) electrons. The van der Waals surface area contributed by atoms with Gasteiger partial charge in [0.25, 0.3) is 0 Å². The molecule has 0 bridgehead atoms. The minimum atomic E-state index is -0.634. The fraction of sp³-hybridized carbons (Fsp3) is 0.571. The second-order valence-electron chi connectivity index (χ2n) is 8.16. The van der Waals surface area contributed by atoms with E-state index in [9.17, 15) is 14.4 Å². The first-order valence-electron chi connectivity index (χ1n) is 10.1. The molecule has 0 spiro atoms. The maximum absolute atomic E-state index is 13.0. The molecule has 7 heteroatoms. The predicted molar refractivity (Wildman–Crippen MR) is 107 cm³/mol. The highest BCUT2D eigenvalue weighted by molar-refractivity contribution is 6.00. The summed E-state index contributed by atoms with van der Waals surface area (Å²) in [5.74, 6) is -0.161. The summed E-state index contributed by atoms with van der Waals surface area (Å²) in [7, 11) is 3.79. The number of aromatic nitrogens is 2. The highest BCUT2D eigenvalue weighted by Gasteiger charge is 2.32. The minimum Gasteiger partial charge on any atom is -0.317 e. The summed E-state index contributed by atoms with van der Waals surface area (Å²) in [5, 5.41) is 5.74. The highest BCUT2D eigenvalue weighted by atomic mass is 16.2. The summed E-state index contributed by atoms with van der Waals surface area (Å²) < 4.78 is 3.21. The fourth-order valence-corrected chi connectivity index (χ4v) is 5.04. The van der Waals surface area contributed by atoms with Crippen LogP contribution in [0.4, 0.5) is 0 Å². The molecule has 2 N–H and O–H groups in total. The number of aryl methyl sites for hydroxylation is 2. The summed E-state index contributed by atoms with van der Waals surface area (Å²) in [6.45, 7) is 2.08. The average Bonchev–Trinajstić information content (AvgIpc) is 2.94. The molecule has 2 aromatic rings. The molecule has 7 nitrogen and oxygen atoms in total. The Bertz CT molecular complexity index is 995. The molecule has 2 amide bonds. The van der Waals surface area contributed by atoms with E-state index in [1.807, 2.05) is 13.1 Å². The Hall–Kier alpha value is -2.41. The summed E-state index contributed by atoms with van der Waals surface area (Å²) in [6, 6.07) is 4.07. The molecule has 1 saturated carbocycles. The van der Waals surface area contributed by atoms with Crippen LogP contribution >= 0.6 is 0 Å². The SMILES string of the molecule is CNC1CCC(c2ccc3c(c2C)n(C)c(=O)n3C2CCC(=O)NC2=O)CC1. The third kappa shape index (κ3) is 2.98. The van der Waals surface area contributed by atoms with Gasteiger partial charge in [0.05, 0.1) is 11.0 Å². The number of carbonyl (C=O) groups is 2. The molecular formula is C21H28N4O3. The van der Waals surface area contributed by atoms with Gasteiger partial charge in [0, 0.05) is 19.5 Å². The van der Waals surface area contributed by atoms with E-state index in [1.54, 1.807) is 16.2 Å². The van der Waals surface area contributed by atoms with E-state index in [0.717, 1.165) is 42.3 Å². The van der Waals surface area contributed by atoms with E-state index >= 15 is 0 Å². The van der Waals surface area contributed by atoms with Crippen LogP contribution in [-0.4, -0.2) is 34.0 Å². The van der Waals surface area contributed by atoms with Crippen molar-refractivity contribution in [1.29, 1.82) is 0 Å². The number of hydrogen-bond donors (Lipinski definition) is 2. The molecule has 2 aliphatic rings. The Morgan fingerprint density at radius 2 is 1.79 bits per heavy atom. The Morgan fingerprint density at radius 3 is 2.43 bits per heavy atom. The summed E-state index contributed by atoms with van der Waals surface area (Å²) in [6.07, 6.45) is 5.21. The van der Waals surface area contributed by atoms with Crippen LogP contribution in [0.3, 0.4) is 0 Å². The van der Waals surface area contributed by atoms with Crippen LogP contribution in [0.5, 0.6) is 0 Å². The molecule has 150 valence electrons. The molecule has 1 aromatic carbocycles. The normalized spacial score (nSPS) is 25.9. The first-order chi connectivity index (χ1) is 13.4. The van der Waals surface area contributed by atoms with Crippen molar-refractivity contribution in [2.24, 2.45) is 7.05 Å². The van der Waals surface area contributed by atoms with Gasteiger partial charge in [0.2, 0.25) is 11.8 Å². The zero-order valence-electron chi connectivity index (χ0n) is 16.7. The number of hydrogen-bond acceptors (Lipinski definition) is 4. The lowest BCUT2D eigenvalue weighted by Gasteiger charge is -2.29. The van der Waals surface area contributed by atoms with Gasteiger partial charge in [-0.25, -0.2) is 4.79 Å². The maximum Gasteiger partial charge on any atom is 0.329 e. The molecular weight excluding hydrogens is 356 g/mol. The van der Waals surface area contributed by atoms with Crippen molar-refractivity contribution in [3.8, 4) is 0 Å². The lowest BCUT2D eigenvalue weighted by molar-refractivity contribution is -0.135.